The Morgan fingerprint density at radius 2 is 1.64 bits per heavy atom. The maximum Gasteiger partial charge on any atom is 0.297 e. The first kappa shape index (κ1) is 15.2. The van der Waals surface area contributed by atoms with Gasteiger partial charge in [-0.25, -0.2) is 0 Å². The molecule has 0 bridgehead atoms. The molecule has 0 unspecified atom stereocenters. The summed E-state index contributed by atoms with van der Waals surface area (Å²) in [6.07, 6.45) is 0.465. The Kier molecular flexibility index (Phi) is 4.57. The normalized spacial score (nSPS) is 19.4. The largest absolute Gasteiger partial charge is 0.297 e. The minimum atomic E-state index is -3.67. The molecule has 1 aliphatic rings. The van der Waals surface area contributed by atoms with Gasteiger partial charge in [0.15, 0.2) is 0 Å². The van der Waals surface area contributed by atoms with Crippen LogP contribution >= 0.6 is 0 Å². The summed E-state index contributed by atoms with van der Waals surface area (Å²) in [5.74, 6) is 0. The summed E-state index contributed by atoms with van der Waals surface area (Å²) >= 11 is 0. The molecule has 0 aromatic heterocycles. The van der Waals surface area contributed by atoms with Gasteiger partial charge >= 0.3 is 0 Å². The highest BCUT2D eigenvalue weighted by Gasteiger charge is 2.28. The van der Waals surface area contributed by atoms with Crippen LogP contribution in [0, 0.1) is 0 Å². The Labute approximate surface area is 131 Å². The van der Waals surface area contributed by atoms with Gasteiger partial charge in [-0.15, -0.1) is 0 Å². The van der Waals surface area contributed by atoms with E-state index in [1.54, 1.807) is 30.3 Å². The van der Waals surface area contributed by atoms with Crippen molar-refractivity contribution in [2.75, 3.05) is 13.1 Å². The molecule has 22 heavy (non-hydrogen) atoms. The van der Waals surface area contributed by atoms with Crippen LogP contribution < -0.4 is 0 Å². The molecule has 1 atom stereocenters. The van der Waals surface area contributed by atoms with Gasteiger partial charge in [0.05, 0.1) is 11.0 Å². The molecule has 5 heteroatoms. The SMILES string of the molecule is O=S(=O)(O[C@H]1CCN(Cc2ccccc2)C1)c1ccccc1. The molecule has 3 rings (SSSR count). The average molecular weight is 317 g/mol. The maximum atomic E-state index is 12.2. The Hall–Kier alpha value is -1.69. The van der Waals surface area contributed by atoms with Crippen LogP contribution in [0.3, 0.4) is 0 Å². The molecule has 116 valence electrons. The van der Waals surface area contributed by atoms with E-state index < -0.39 is 10.1 Å². The molecule has 1 saturated heterocycles. The third kappa shape index (κ3) is 3.74. The van der Waals surface area contributed by atoms with E-state index in [-0.39, 0.29) is 11.0 Å². The van der Waals surface area contributed by atoms with Crippen LogP contribution in [0.15, 0.2) is 65.6 Å². The molecule has 0 saturated carbocycles. The third-order valence-electron chi connectivity index (χ3n) is 3.77. The van der Waals surface area contributed by atoms with Crippen molar-refractivity contribution in [1.29, 1.82) is 0 Å². The second-order valence-electron chi connectivity index (χ2n) is 5.49. The maximum absolute atomic E-state index is 12.2. The molecule has 1 heterocycles. The second-order valence-corrected chi connectivity index (χ2v) is 7.07. The van der Waals surface area contributed by atoms with Crippen molar-refractivity contribution in [2.45, 2.75) is 24.0 Å². The molecule has 4 nitrogen and oxygen atoms in total. The van der Waals surface area contributed by atoms with Gasteiger partial charge in [-0.05, 0) is 24.1 Å². The first-order valence-electron chi connectivity index (χ1n) is 7.38. The number of likely N-dealkylation sites (tertiary alicyclic amines) is 1. The van der Waals surface area contributed by atoms with Crippen molar-refractivity contribution in [3.8, 4) is 0 Å². The fourth-order valence-electron chi connectivity index (χ4n) is 2.68. The predicted molar refractivity (Wildman–Crippen MR) is 84.8 cm³/mol. The summed E-state index contributed by atoms with van der Waals surface area (Å²) in [6, 6.07) is 18.5. The van der Waals surface area contributed by atoms with Crippen LogP contribution in [-0.2, 0) is 20.8 Å². The Morgan fingerprint density at radius 1 is 1.00 bits per heavy atom. The zero-order chi connectivity index (χ0) is 15.4. The van der Waals surface area contributed by atoms with Gasteiger partial charge < -0.3 is 0 Å². The summed E-state index contributed by atoms with van der Waals surface area (Å²) < 4.78 is 29.8. The minimum absolute atomic E-state index is 0.219. The fourth-order valence-corrected chi connectivity index (χ4v) is 3.80. The molecule has 0 aliphatic carbocycles. The third-order valence-corrected chi connectivity index (χ3v) is 5.15. The standard InChI is InChI=1S/C17H19NO3S/c19-22(20,17-9-5-2-6-10-17)21-16-11-12-18(14-16)13-15-7-3-1-4-8-15/h1-10,16H,11-14H2/t16-/m0/s1. The fraction of sp³-hybridized carbons (Fsp3) is 0.294. The quantitative estimate of drug-likeness (QED) is 0.796. The molecule has 0 radical (unpaired) electrons. The number of rotatable bonds is 5. The van der Waals surface area contributed by atoms with E-state index in [1.807, 2.05) is 18.2 Å². The van der Waals surface area contributed by atoms with E-state index in [9.17, 15) is 8.42 Å². The monoisotopic (exact) mass is 317 g/mol. The van der Waals surface area contributed by atoms with E-state index in [0.717, 1.165) is 19.5 Å². The summed E-state index contributed by atoms with van der Waals surface area (Å²) in [7, 11) is -3.67. The van der Waals surface area contributed by atoms with Gasteiger partial charge in [0.25, 0.3) is 10.1 Å². The second kappa shape index (κ2) is 6.60. The van der Waals surface area contributed by atoms with Gasteiger partial charge in [0.1, 0.15) is 0 Å². The van der Waals surface area contributed by atoms with Crippen molar-refractivity contribution < 1.29 is 12.6 Å². The number of benzene rings is 2. The van der Waals surface area contributed by atoms with E-state index in [4.69, 9.17) is 4.18 Å². The summed E-state index contributed by atoms with van der Waals surface area (Å²) in [5.41, 5.74) is 1.23. The molecule has 0 N–H and O–H groups in total. The lowest BCUT2D eigenvalue weighted by molar-refractivity contribution is 0.205. The Bertz CT molecular complexity index is 701. The first-order valence-corrected chi connectivity index (χ1v) is 8.79. The molecule has 1 aliphatic heterocycles. The Morgan fingerprint density at radius 3 is 2.32 bits per heavy atom. The van der Waals surface area contributed by atoms with Gasteiger partial charge in [-0.2, -0.15) is 8.42 Å². The van der Waals surface area contributed by atoms with Gasteiger partial charge in [-0.3, -0.25) is 9.08 Å². The number of hydrogen-bond donors (Lipinski definition) is 0. The first-order chi connectivity index (χ1) is 10.6. The Balaban J connectivity index is 1.59. The highest BCUT2D eigenvalue weighted by molar-refractivity contribution is 7.86. The predicted octanol–water partition coefficient (Wildman–Crippen LogP) is 2.67. The smallest absolute Gasteiger partial charge is 0.296 e. The molecule has 1 fully saturated rings. The van der Waals surface area contributed by atoms with Crippen LogP contribution in [0.2, 0.25) is 0 Å². The average Bonchev–Trinajstić information content (AvgIpc) is 2.95. The van der Waals surface area contributed by atoms with E-state index in [0.29, 0.717) is 6.54 Å². The molecule has 0 amide bonds. The van der Waals surface area contributed by atoms with Crippen molar-refractivity contribution in [2.24, 2.45) is 0 Å². The van der Waals surface area contributed by atoms with Crippen LogP contribution in [0.5, 0.6) is 0 Å². The summed E-state index contributed by atoms with van der Waals surface area (Å²) in [4.78, 5) is 2.44. The van der Waals surface area contributed by atoms with E-state index >= 15 is 0 Å². The van der Waals surface area contributed by atoms with Crippen molar-refractivity contribution in [3.63, 3.8) is 0 Å². The molecular formula is C17H19NO3S. The van der Waals surface area contributed by atoms with Crippen LogP contribution in [0.4, 0.5) is 0 Å². The highest BCUT2D eigenvalue weighted by atomic mass is 32.2. The number of hydrogen-bond acceptors (Lipinski definition) is 4. The lowest BCUT2D eigenvalue weighted by Gasteiger charge is -2.16. The van der Waals surface area contributed by atoms with Crippen molar-refractivity contribution in [3.05, 3.63) is 66.2 Å². The zero-order valence-corrected chi connectivity index (χ0v) is 13.1. The molecular weight excluding hydrogens is 298 g/mol. The lowest BCUT2D eigenvalue weighted by Crippen LogP contribution is -2.24. The van der Waals surface area contributed by atoms with Crippen LogP contribution in [0.25, 0.3) is 0 Å². The van der Waals surface area contributed by atoms with Crippen molar-refractivity contribution >= 4 is 10.1 Å². The summed E-state index contributed by atoms with van der Waals surface area (Å²) in [6.45, 7) is 2.32. The van der Waals surface area contributed by atoms with Crippen LogP contribution in [-0.4, -0.2) is 32.5 Å². The lowest BCUT2D eigenvalue weighted by atomic mass is 10.2. The minimum Gasteiger partial charge on any atom is -0.296 e. The zero-order valence-electron chi connectivity index (χ0n) is 12.3. The molecule has 2 aromatic rings. The van der Waals surface area contributed by atoms with Crippen molar-refractivity contribution in [1.82, 2.24) is 4.90 Å². The summed E-state index contributed by atoms with van der Waals surface area (Å²) in [5, 5.41) is 0. The molecule has 2 aromatic carbocycles. The highest BCUT2D eigenvalue weighted by Crippen LogP contribution is 2.21. The van der Waals surface area contributed by atoms with Crippen LogP contribution in [0.1, 0.15) is 12.0 Å². The van der Waals surface area contributed by atoms with E-state index in [1.165, 1.54) is 5.56 Å². The van der Waals surface area contributed by atoms with Gasteiger partial charge in [-0.1, -0.05) is 48.5 Å². The van der Waals surface area contributed by atoms with E-state index in [2.05, 4.69) is 17.0 Å². The van der Waals surface area contributed by atoms with Gasteiger partial charge in [0, 0.05) is 19.6 Å². The van der Waals surface area contributed by atoms with Gasteiger partial charge in [0.2, 0.25) is 0 Å². The number of nitrogens with zero attached hydrogens (tertiary/aromatic N) is 1. The topological polar surface area (TPSA) is 46.6 Å². The molecule has 0 spiro atoms.